The largest absolute Gasteiger partial charge is 0.546 e. The zero-order valence-corrected chi connectivity index (χ0v) is 13.7. The second-order valence-electron chi connectivity index (χ2n) is 5.13. The molecular weight excluding hydrogens is 266 g/mol. The quantitative estimate of drug-likeness (QED) is 0.625. The Labute approximate surface area is 121 Å². The van der Waals surface area contributed by atoms with E-state index in [-0.39, 0.29) is 0 Å². The molecule has 0 aliphatic heterocycles. The standard InChI is InChI=1S/C15H21N3OSi/c1-12-5-6-14(15(11-12)19-20(3)4)16-8-10-18-9-7-13(2)17-18/h5-9,11,20H,10H2,1-4H3. The molecule has 0 saturated carbocycles. The van der Waals surface area contributed by atoms with Crippen molar-refractivity contribution in [2.45, 2.75) is 33.5 Å². The number of hydrogen-bond acceptors (Lipinski definition) is 3. The van der Waals surface area contributed by atoms with Gasteiger partial charge in [0.1, 0.15) is 11.4 Å². The first kappa shape index (κ1) is 14.5. The molecule has 0 bridgehead atoms. The van der Waals surface area contributed by atoms with Crippen LogP contribution in [0.4, 0.5) is 5.69 Å². The van der Waals surface area contributed by atoms with Gasteiger partial charge in [-0.15, -0.1) is 0 Å². The summed E-state index contributed by atoms with van der Waals surface area (Å²) in [6.07, 6.45) is 3.82. The highest BCUT2D eigenvalue weighted by Gasteiger charge is 2.05. The molecule has 0 spiro atoms. The van der Waals surface area contributed by atoms with Crippen LogP contribution < -0.4 is 4.43 Å². The summed E-state index contributed by atoms with van der Waals surface area (Å²) in [5.74, 6) is 0.888. The fourth-order valence-electron chi connectivity index (χ4n) is 1.86. The predicted octanol–water partition coefficient (Wildman–Crippen LogP) is 3.26. The van der Waals surface area contributed by atoms with E-state index in [0.29, 0.717) is 6.54 Å². The molecule has 1 aromatic heterocycles. The van der Waals surface area contributed by atoms with Crippen LogP contribution in [0.15, 0.2) is 35.5 Å². The van der Waals surface area contributed by atoms with E-state index in [0.717, 1.165) is 17.1 Å². The molecule has 0 unspecified atom stereocenters. The third-order valence-electron chi connectivity index (χ3n) is 2.75. The van der Waals surface area contributed by atoms with Crippen molar-refractivity contribution in [3.8, 4) is 5.75 Å². The molecule has 2 aromatic rings. The average Bonchev–Trinajstić information content (AvgIpc) is 2.77. The van der Waals surface area contributed by atoms with Gasteiger partial charge in [0.2, 0.25) is 9.04 Å². The van der Waals surface area contributed by atoms with E-state index >= 15 is 0 Å². The van der Waals surface area contributed by atoms with Gasteiger partial charge in [0, 0.05) is 12.4 Å². The minimum atomic E-state index is -1.13. The molecule has 0 radical (unpaired) electrons. The Morgan fingerprint density at radius 1 is 1.30 bits per heavy atom. The molecule has 0 fully saturated rings. The van der Waals surface area contributed by atoms with Gasteiger partial charge in [0.05, 0.1) is 12.2 Å². The molecule has 0 atom stereocenters. The van der Waals surface area contributed by atoms with Crippen molar-refractivity contribution in [2.75, 3.05) is 0 Å². The Bertz CT molecular complexity index is 605. The number of hydrogen-bond donors (Lipinski definition) is 0. The van der Waals surface area contributed by atoms with Crippen LogP contribution in [0.1, 0.15) is 11.3 Å². The second-order valence-corrected chi connectivity index (χ2v) is 7.46. The highest BCUT2D eigenvalue weighted by molar-refractivity contribution is 6.49. The van der Waals surface area contributed by atoms with Crippen LogP contribution in [0.2, 0.25) is 13.1 Å². The van der Waals surface area contributed by atoms with Gasteiger partial charge in [-0.2, -0.15) is 5.10 Å². The topological polar surface area (TPSA) is 39.4 Å². The zero-order chi connectivity index (χ0) is 14.5. The first-order valence-electron chi connectivity index (χ1n) is 6.84. The summed E-state index contributed by atoms with van der Waals surface area (Å²) in [6, 6.07) is 8.10. The van der Waals surface area contributed by atoms with Gasteiger partial charge < -0.3 is 4.43 Å². The zero-order valence-electron chi connectivity index (χ0n) is 12.5. The summed E-state index contributed by atoms with van der Waals surface area (Å²) in [5.41, 5.74) is 3.10. The van der Waals surface area contributed by atoms with Gasteiger partial charge in [0.25, 0.3) is 0 Å². The van der Waals surface area contributed by atoms with Crippen LogP contribution in [0, 0.1) is 13.8 Å². The summed E-state index contributed by atoms with van der Waals surface area (Å²) in [5, 5.41) is 4.33. The molecule has 1 aromatic carbocycles. The van der Waals surface area contributed by atoms with Crippen molar-refractivity contribution >= 4 is 20.9 Å². The van der Waals surface area contributed by atoms with Crippen molar-refractivity contribution in [1.82, 2.24) is 9.78 Å². The maximum Gasteiger partial charge on any atom is 0.229 e. The van der Waals surface area contributed by atoms with Gasteiger partial charge in [-0.3, -0.25) is 9.67 Å². The smallest absolute Gasteiger partial charge is 0.229 e. The van der Waals surface area contributed by atoms with Gasteiger partial charge in [-0.05, 0) is 50.7 Å². The van der Waals surface area contributed by atoms with Crippen LogP contribution in [0.25, 0.3) is 0 Å². The van der Waals surface area contributed by atoms with E-state index in [2.05, 4.69) is 42.2 Å². The fourth-order valence-corrected chi connectivity index (χ4v) is 2.56. The summed E-state index contributed by atoms with van der Waals surface area (Å²) >= 11 is 0. The molecule has 4 nitrogen and oxygen atoms in total. The Hall–Kier alpha value is -1.88. The minimum absolute atomic E-state index is 0.667. The number of aliphatic imine (C=N–C) groups is 1. The molecule has 0 saturated heterocycles. The highest BCUT2D eigenvalue weighted by Crippen LogP contribution is 2.28. The van der Waals surface area contributed by atoms with Crippen molar-refractivity contribution < 1.29 is 4.43 Å². The van der Waals surface area contributed by atoms with Crippen LogP contribution in [0.3, 0.4) is 0 Å². The van der Waals surface area contributed by atoms with Crippen molar-refractivity contribution in [2.24, 2.45) is 4.99 Å². The van der Waals surface area contributed by atoms with Crippen LogP contribution in [-0.4, -0.2) is 25.0 Å². The lowest BCUT2D eigenvalue weighted by atomic mass is 10.2. The Morgan fingerprint density at radius 2 is 2.10 bits per heavy atom. The molecule has 0 amide bonds. The first-order chi connectivity index (χ1) is 9.54. The monoisotopic (exact) mass is 287 g/mol. The minimum Gasteiger partial charge on any atom is -0.546 e. The van der Waals surface area contributed by atoms with Crippen LogP contribution in [0.5, 0.6) is 5.75 Å². The second kappa shape index (κ2) is 6.52. The molecule has 106 valence electrons. The van der Waals surface area contributed by atoms with E-state index in [4.69, 9.17) is 4.43 Å². The predicted molar refractivity (Wildman–Crippen MR) is 85.8 cm³/mol. The average molecular weight is 287 g/mol. The van der Waals surface area contributed by atoms with E-state index in [9.17, 15) is 0 Å². The van der Waals surface area contributed by atoms with Crippen LogP contribution >= 0.6 is 0 Å². The van der Waals surface area contributed by atoms with Gasteiger partial charge in [0.15, 0.2) is 0 Å². The van der Waals surface area contributed by atoms with Gasteiger partial charge in [-0.25, -0.2) is 0 Å². The maximum absolute atomic E-state index is 5.94. The number of nitrogens with zero attached hydrogens (tertiary/aromatic N) is 3. The van der Waals surface area contributed by atoms with Gasteiger partial charge >= 0.3 is 0 Å². The summed E-state index contributed by atoms with van der Waals surface area (Å²) in [6.45, 7) is 9.02. The molecule has 0 aliphatic carbocycles. The maximum atomic E-state index is 5.94. The van der Waals surface area contributed by atoms with Gasteiger partial charge in [-0.1, -0.05) is 6.07 Å². The Kier molecular flexibility index (Phi) is 4.73. The Morgan fingerprint density at radius 3 is 2.75 bits per heavy atom. The molecule has 0 N–H and O–H groups in total. The van der Waals surface area contributed by atoms with E-state index in [1.165, 1.54) is 5.56 Å². The lowest BCUT2D eigenvalue weighted by Gasteiger charge is -2.12. The lowest BCUT2D eigenvalue weighted by Crippen LogP contribution is -2.11. The Balaban J connectivity index is 2.11. The summed E-state index contributed by atoms with van der Waals surface area (Å²) in [4.78, 5) is 4.52. The first-order valence-corrected chi connectivity index (χ1v) is 9.62. The highest BCUT2D eigenvalue weighted by atomic mass is 28.3. The van der Waals surface area contributed by atoms with Crippen molar-refractivity contribution in [3.63, 3.8) is 0 Å². The number of benzene rings is 1. The molecule has 5 heteroatoms. The fraction of sp³-hybridized carbons (Fsp3) is 0.333. The summed E-state index contributed by atoms with van der Waals surface area (Å²) in [7, 11) is -1.13. The van der Waals surface area contributed by atoms with Crippen molar-refractivity contribution in [3.05, 3.63) is 41.7 Å². The third-order valence-corrected chi connectivity index (χ3v) is 3.48. The summed E-state index contributed by atoms with van der Waals surface area (Å²) < 4.78 is 7.80. The van der Waals surface area contributed by atoms with E-state index in [1.807, 2.05) is 36.1 Å². The normalized spacial score (nSPS) is 11.4. The molecule has 2 rings (SSSR count). The van der Waals surface area contributed by atoms with E-state index < -0.39 is 9.04 Å². The number of aromatic nitrogens is 2. The van der Waals surface area contributed by atoms with Crippen molar-refractivity contribution in [1.29, 1.82) is 0 Å². The SMILES string of the molecule is Cc1ccc(N=CCn2ccc(C)n2)c(O[SiH](C)C)c1. The lowest BCUT2D eigenvalue weighted by molar-refractivity contribution is 0.581. The number of rotatable bonds is 5. The van der Waals surface area contributed by atoms with Crippen LogP contribution in [-0.2, 0) is 6.54 Å². The van der Waals surface area contributed by atoms with E-state index in [1.54, 1.807) is 0 Å². The molecule has 1 heterocycles. The number of aryl methyl sites for hydroxylation is 2. The molecular formula is C15H21N3OSi. The molecule has 20 heavy (non-hydrogen) atoms. The third kappa shape index (κ3) is 4.06. The molecule has 0 aliphatic rings.